The number of hydrogen-bond donors (Lipinski definition) is 2. The molecule has 8 heteroatoms. The lowest BCUT2D eigenvalue weighted by Gasteiger charge is -2.29. The molecule has 1 saturated heterocycles. The van der Waals surface area contributed by atoms with Crippen molar-refractivity contribution in [2.24, 2.45) is 0 Å². The van der Waals surface area contributed by atoms with E-state index >= 15 is 0 Å². The van der Waals surface area contributed by atoms with Crippen LogP contribution in [0.3, 0.4) is 0 Å². The number of nitrogens with zero attached hydrogens (tertiary/aromatic N) is 4. The van der Waals surface area contributed by atoms with Crippen molar-refractivity contribution in [2.75, 3.05) is 41.4 Å². The summed E-state index contributed by atoms with van der Waals surface area (Å²) in [4.78, 5) is 14.0. The second-order valence-corrected chi connectivity index (χ2v) is 8.87. The molecule has 1 aromatic carbocycles. The molecule has 0 spiro atoms. The first-order valence-electron chi connectivity index (χ1n) is 10.00. The second kappa shape index (κ2) is 8.12. The van der Waals surface area contributed by atoms with Crippen LogP contribution in [0.15, 0.2) is 30.3 Å². The maximum Gasteiger partial charge on any atom is 0.232 e. The van der Waals surface area contributed by atoms with E-state index in [4.69, 9.17) is 26.9 Å². The third kappa shape index (κ3) is 4.94. The van der Waals surface area contributed by atoms with E-state index in [1.165, 1.54) is 11.1 Å². The van der Waals surface area contributed by atoms with Gasteiger partial charge >= 0.3 is 0 Å². The van der Waals surface area contributed by atoms with Crippen molar-refractivity contribution in [3.8, 4) is 0 Å². The number of thiocarbonyl (C=S) groups is 1. The Morgan fingerprint density at radius 3 is 2.17 bits per heavy atom. The summed E-state index contributed by atoms with van der Waals surface area (Å²) in [6.45, 7) is 11.0. The molecule has 2 aromatic rings. The van der Waals surface area contributed by atoms with Crippen molar-refractivity contribution in [1.82, 2.24) is 15.3 Å². The molecule has 0 aliphatic carbocycles. The van der Waals surface area contributed by atoms with Gasteiger partial charge in [0.15, 0.2) is 5.11 Å². The lowest BCUT2D eigenvalue weighted by atomic mass is 10.1. The molecule has 0 unspecified atom stereocenters. The largest absolute Gasteiger partial charge is 0.378 e. The van der Waals surface area contributed by atoms with Crippen molar-refractivity contribution in [2.45, 2.75) is 39.4 Å². The lowest BCUT2D eigenvalue weighted by Crippen LogP contribution is -2.43. The summed E-state index contributed by atoms with van der Waals surface area (Å²) < 4.78 is 5.50. The number of benzene rings is 1. The van der Waals surface area contributed by atoms with E-state index in [2.05, 4.69) is 71.5 Å². The van der Waals surface area contributed by atoms with Crippen molar-refractivity contribution in [3.05, 3.63) is 41.5 Å². The van der Waals surface area contributed by atoms with Crippen LogP contribution in [0.25, 0.3) is 0 Å². The third-order valence-electron chi connectivity index (χ3n) is 4.91. The quantitative estimate of drug-likeness (QED) is 0.746. The summed E-state index contributed by atoms with van der Waals surface area (Å²) in [5.41, 5.74) is 2.56. The highest BCUT2D eigenvalue weighted by atomic mass is 32.1. The van der Waals surface area contributed by atoms with Gasteiger partial charge in [0, 0.05) is 37.8 Å². The van der Waals surface area contributed by atoms with Crippen LogP contribution in [-0.2, 0) is 17.8 Å². The number of rotatable bonds is 3. The topological polar surface area (TPSA) is 65.6 Å². The van der Waals surface area contributed by atoms with Gasteiger partial charge in [-0.2, -0.15) is 9.97 Å². The van der Waals surface area contributed by atoms with Gasteiger partial charge in [-0.3, -0.25) is 0 Å². The summed E-state index contributed by atoms with van der Waals surface area (Å²) in [5.74, 6) is 2.32. The normalized spacial score (nSPS) is 16.5. The third-order valence-corrected chi connectivity index (χ3v) is 5.12. The Morgan fingerprint density at radius 2 is 1.59 bits per heavy atom. The van der Waals surface area contributed by atoms with Crippen LogP contribution in [-0.4, -0.2) is 46.9 Å². The second-order valence-electron chi connectivity index (χ2n) is 8.46. The fourth-order valence-corrected chi connectivity index (χ4v) is 3.96. The predicted molar refractivity (Wildman–Crippen MR) is 121 cm³/mol. The zero-order chi connectivity index (χ0) is 20.4. The van der Waals surface area contributed by atoms with Gasteiger partial charge in [0.2, 0.25) is 5.95 Å². The van der Waals surface area contributed by atoms with Crippen molar-refractivity contribution >= 4 is 34.9 Å². The Bertz CT molecular complexity index is 866. The Hall–Kier alpha value is -2.45. The van der Waals surface area contributed by atoms with Crippen molar-refractivity contribution in [1.29, 1.82) is 0 Å². The number of aromatic nitrogens is 2. The number of anilines is 3. The highest BCUT2D eigenvalue weighted by molar-refractivity contribution is 7.80. The van der Waals surface area contributed by atoms with E-state index in [1.807, 2.05) is 0 Å². The average molecular weight is 413 g/mol. The van der Waals surface area contributed by atoms with Crippen LogP contribution in [0.4, 0.5) is 17.6 Å². The smallest absolute Gasteiger partial charge is 0.232 e. The van der Waals surface area contributed by atoms with Gasteiger partial charge in [0.05, 0.1) is 13.2 Å². The Labute approximate surface area is 177 Å². The van der Waals surface area contributed by atoms with E-state index in [1.54, 1.807) is 0 Å². The Kier molecular flexibility index (Phi) is 5.56. The van der Waals surface area contributed by atoms with Gasteiger partial charge in [0.1, 0.15) is 11.6 Å². The summed E-state index contributed by atoms with van der Waals surface area (Å²) in [6.07, 6.45) is 0. The van der Waals surface area contributed by atoms with Crippen LogP contribution in [0.1, 0.15) is 31.9 Å². The molecule has 1 aromatic heterocycles. The highest BCUT2D eigenvalue weighted by Gasteiger charge is 2.23. The standard InChI is InChI=1S/C21H28N6OS/c1-21(2,3)25-20(29)24-19-22-17(26-8-10-28-11-9-26)12-18(23-19)27-13-15-6-4-5-7-16(15)14-27/h4-7,12H,8-11,13-14H2,1-3H3,(H2,22,23,24,25,29). The average Bonchev–Trinajstić information content (AvgIpc) is 3.11. The highest BCUT2D eigenvalue weighted by Crippen LogP contribution is 2.29. The van der Waals surface area contributed by atoms with Crippen LogP contribution < -0.4 is 20.4 Å². The minimum atomic E-state index is -0.134. The van der Waals surface area contributed by atoms with Gasteiger partial charge in [0.25, 0.3) is 0 Å². The van der Waals surface area contributed by atoms with Crippen LogP contribution in [0.2, 0.25) is 0 Å². The monoisotopic (exact) mass is 412 g/mol. The SMILES string of the molecule is CC(C)(C)NC(=S)Nc1nc(N2CCOCC2)cc(N2Cc3ccccc3C2)n1. The molecule has 29 heavy (non-hydrogen) atoms. The summed E-state index contributed by atoms with van der Waals surface area (Å²) in [5, 5.41) is 6.96. The van der Waals surface area contributed by atoms with Gasteiger partial charge in [-0.05, 0) is 44.1 Å². The van der Waals surface area contributed by atoms with Crippen molar-refractivity contribution < 1.29 is 4.74 Å². The molecule has 0 radical (unpaired) electrons. The molecule has 0 saturated carbocycles. The van der Waals surface area contributed by atoms with E-state index < -0.39 is 0 Å². The molecule has 3 heterocycles. The molecule has 0 atom stereocenters. The van der Waals surface area contributed by atoms with Crippen LogP contribution in [0.5, 0.6) is 0 Å². The molecule has 2 aliphatic rings. The first-order chi connectivity index (χ1) is 13.9. The van der Waals surface area contributed by atoms with Crippen molar-refractivity contribution in [3.63, 3.8) is 0 Å². The molecule has 4 rings (SSSR count). The fraction of sp³-hybridized carbons (Fsp3) is 0.476. The number of fused-ring (bicyclic) bond motifs is 1. The number of hydrogen-bond acceptors (Lipinski definition) is 6. The number of morpholine rings is 1. The minimum absolute atomic E-state index is 0.134. The van der Waals surface area contributed by atoms with E-state index in [-0.39, 0.29) is 5.54 Å². The lowest BCUT2D eigenvalue weighted by molar-refractivity contribution is 0.122. The minimum Gasteiger partial charge on any atom is -0.378 e. The molecular weight excluding hydrogens is 384 g/mol. The van der Waals surface area contributed by atoms with Gasteiger partial charge in [-0.25, -0.2) is 0 Å². The molecule has 0 bridgehead atoms. The van der Waals surface area contributed by atoms with Crippen LogP contribution in [0, 0.1) is 0 Å². The Balaban J connectivity index is 1.61. The molecule has 0 amide bonds. The molecular formula is C21H28N6OS. The number of ether oxygens (including phenoxy) is 1. The first kappa shape index (κ1) is 19.8. The number of nitrogens with one attached hydrogen (secondary N) is 2. The molecule has 2 aliphatic heterocycles. The predicted octanol–water partition coefficient (Wildman–Crippen LogP) is 2.92. The first-order valence-corrected chi connectivity index (χ1v) is 10.4. The van der Waals surface area contributed by atoms with Crippen LogP contribution >= 0.6 is 12.2 Å². The molecule has 7 nitrogen and oxygen atoms in total. The molecule has 154 valence electrons. The van der Waals surface area contributed by atoms with Gasteiger partial charge < -0.3 is 25.2 Å². The molecule has 1 fully saturated rings. The van der Waals surface area contributed by atoms with E-state index in [0.717, 1.165) is 37.8 Å². The summed E-state index contributed by atoms with van der Waals surface area (Å²) in [7, 11) is 0. The van der Waals surface area contributed by atoms with E-state index in [0.29, 0.717) is 24.3 Å². The zero-order valence-electron chi connectivity index (χ0n) is 17.2. The zero-order valence-corrected chi connectivity index (χ0v) is 18.1. The summed E-state index contributed by atoms with van der Waals surface area (Å²) >= 11 is 5.47. The maximum atomic E-state index is 5.50. The van der Waals surface area contributed by atoms with E-state index in [9.17, 15) is 0 Å². The maximum absolute atomic E-state index is 5.50. The molecule has 2 N–H and O–H groups in total. The van der Waals surface area contributed by atoms with Gasteiger partial charge in [-0.15, -0.1) is 0 Å². The fourth-order valence-electron chi connectivity index (χ4n) is 3.56. The van der Waals surface area contributed by atoms with Gasteiger partial charge in [-0.1, -0.05) is 24.3 Å². The Morgan fingerprint density at radius 1 is 1.00 bits per heavy atom. The summed E-state index contributed by atoms with van der Waals surface area (Å²) in [6, 6.07) is 10.6.